The molecule has 5 heteroatoms. The van der Waals surface area contributed by atoms with Crippen molar-refractivity contribution in [2.24, 2.45) is 5.73 Å². The van der Waals surface area contributed by atoms with E-state index in [-0.39, 0.29) is 18.0 Å². The van der Waals surface area contributed by atoms with E-state index in [4.69, 9.17) is 10.5 Å². The molecule has 0 aliphatic carbocycles. The summed E-state index contributed by atoms with van der Waals surface area (Å²) >= 11 is 1.78. The molecule has 0 heterocycles. The molecule has 0 radical (unpaired) electrons. The summed E-state index contributed by atoms with van der Waals surface area (Å²) in [5.74, 6) is 1.62. The zero-order valence-electron chi connectivity index (χ0n) is 9.79. The van der Waals surface area contributed by atoms with Gasteiger partial charge in [0, 0.05) is 18.9 Å². The predicted molar refractivity (Wildman–Crippen MR) is 65.1 cm³/mol. The van der Waals surface area contributed by atoms with E-state index in [2.05, 4.69) is 5.32 Å². The number of nitrogens with two attached hydrogens (primary N) is 1. The van der Waals surface area contributed by atoms with Gasteiger partial charge in [-0.2, -0.15) is 11.8 Å². The monoisotopic (exact) mass is 234 g/mol. The number of thioether (sulfide) groups is 1. The lowest BCUT2D eigenvalue weighted by Gasteiger charge is -2.17. The molecule has 0 bridgehead atoms. The average Bonchev–Trinajstić information content (AvgIpc) is 2.15. The highest BCUT2D eigenvalue weighted by Gasteiger charge is 2.15. The maximum absolute atomic E-state index is 11.1. The summed E-state index contributed by atoms with van der Waals surface area (Å²) in [5.41, 5.74) is 5.29. The van der Waals surface area contributed by atoms with E-state index in [9.17, 15) is 4.79 Å². The number of carbonyl (C=O) groups is 1. The fourth-order valence-corrected chi connectivity index (χ4v) is 2.05. The standard InChI is InChI=1S/C10H22N2O2S/c1-8(2)12-9(10(11)13)4-6-15-7-5-14-3/h8-9,12H,4-7H2,1-3H3,(H2,11,13). The van der Waals surface area contributed by atoms with Crippen molar-refractivity contribution >= 4 is 17.7 Å². The molecule has 1 amide bonds. The SMILES string of the molecule is COCCSCCC(NC(C)C)C(N)=O. The van der Waals surface area contributed by atoms with Crippen molar-refractivity contribution in [2.75, 3.05) is 25.2 Å². The molecule has 1 atom stereocenters. The van der Waals surface area contributed by atoms with Crippen molar-refractivity contribution in [3.05, 3.63) is 0 Å². The topological polar surface area (TPSA) is 64.3 Å². The van der Waals surface area contributed by atoms with Gasteiger partial charge in [0.05, 0.1) is 12.6 Å². The lowest BCUT2D eigenvalue weighted by molar-refractivity contribution is -0.120. The lowest BCUT2D eigenvalue weighted by atomic mass is 10.2. The van der Waals surface area contributed by atoms with Crippen LogP contribution < -0.4 is 11.1 Å². The van der Waals surface area contributed by atoms with Crippen LogP contribution in [0.2, 0.25) is 0 Å². The van der Waals surface area contributed by atoms with E-state index >= 15 is 0 Å². The van der Waals surface area contributed by atoms with Crippen LogP contribution in [0.3, 0.4) is 0 Å². The Morgan fingerprint density at radius 3 is 2.60 bits per heavy atom. The molecule has 4 nitrogen and oxygen atoms in total. The van der Waals surface area contributed by atoms with Crippen LogP contribution in [0.15, 0.2) is 0 Å². The number of carbonyl (C=O) groups excluding carboxylic acids is 1. The van der Waals surface area contributed by atoms with Gasteiger partial charge < -0.3 is 15.8 Å². The van der Waals surface area contributed by atoms with Gasteiger partial charge in [-0.05, 0) is 12.2 Å². The number of primary amides is 1. The van der Waals surface area contributed by atoms with Crippen molar-refractivity contribution in [3.8, 4) is 0 Å². The smallest absolute Gasteiger partial charge is 0.234 e. The Hall–Kier alpha value is -0.260. The summed E-state index contributed by atoms with van der Waals surface area (Å²) in [4.78, 5) is 11.1. The zero-order chi connectivity index (χ0) is 11.7. The number of ether oxygens (including phenoxy) is 1. The number of nitrogens with one attached hydrogen (secondary N) is 1. The van der Waals surface area contributed by atoms with Crippen LogP contribution in [0, 0.1) is 0 Å². The van der Waals surface area contributed by atoms with Gasteiger partial charge in [0.1, 0.15) is 0 Å². The molecule has 3 N–H and O–H groups in total. The van der Waals surface area contributed by atoms with E-state index in [1.54, 1.807) is 18.9 Å². The molecule has 90 valence electrons. The normalized spacial score (nSPS) is 13.1. The van der Waals surface area contributed by atoms with Crippen molar-refractivity contribution in [2.45, 2.75) is 32.4 Å². The Labute approximate surface area is 96.3 Å². The van der Waals surface area contributed by atoms with Crippen LogP contribution in [0.4, 0.5) is 0 Å². The Morgan fingerprint density at radius 2 is 2.13 bits per heavy atom. The molecular formula is C10H22N2O2S. The first-order chi connectivity index (χ1) is 7.07. The van der Waals surface area contributed by atoms with Crippen LogP contribution in [0.25, 0.3) is 0 Å². The second-order valence-electron chi connectivity index (χ2n) is 3.67. The first kappa shape index (κ1) is 14.7. The fraction of sp³-hybridized carbons (Fsp3) is 0.900. The Balaban J connectivity index is 3.62. The van der Waals surface area contributed by atoms with Crippen LogP contribution in [0.5, 0.6) is 0 Å². The zero-order valence-corrected chi connectivity index (χ0v) is 10.6. The first-order valence-electron chi connectivity index (χ1n) is 5.20. The van der Waals surface area contributed by atoms with Gasteiger partial charge >= 0.3 is 0 Å². The van der Waals surface area contributed by atoms with Crippen LogP contribution in [-0.2, 0) is 9.53 Å². The highest BCUT2D eigenvalue weighted by molar-refractivity contribution is 7.99. The quantitative estimate of drug-likeness (QED) is 0.574. The fourth-order valence-electron chi connectivity index (χ4n) is 1.16. The second kappa shape index (κ2) is 9.00. The Bertz CT molecular complexity index is 177. The molecule has 15 heavy (non-hydrogen) atoms. The van der Waals surface area contributed by atoms with Gasteiger partial charge in [-0.25, -0.2) is 0 Å². The Morgan fingerprint density at radius 1 is 1.47 bits per heavy atom. The van der Waals surface area contributed by atoms with Crippen LogP contribution in [-0.4, -0.2) is 43.2 Å². The van der Waals surface area contributed by atoms with Crippen molar-refractivity contribution in [1.29, 1.82) is 0 Å². The molecule has 0 spiro atoms. The van der Waals surface area contributed by atoms with Gasteiger partial charge in [0.2, 0.25) is 5.91 Å². The minimum atomic E-state index is -0.268. The first-order valence-corrected chi connectivity index (χ1v) is 6.35. The van der Waals surface area contributed by atoms with Gasteiger partial charge in [-0.15, -0.1) is 0 Å². The van der Waals surface area contributed by atoms with Crippen molar-refractivity contribution in [3.63, 3.8) is 0 Å². The summed E-state index contributed by atoms with van der Waals surface area (Å²) < 4.78 is 4.93. The molecular weight excluding hydrogens is 212 g/mol. The summed E-state index contributed by atoms with van der Waals surface area (Å²) in [5, 5.41) is 3.15. The molecule has 0 saturated heterocycles. The van der Waals surface area contributed by atoms with Crippen LogP contribution >= 0.6 is 11.8 Å². The molecule has 0 aromatic carbocycles. The number of amides is 1. The third-order valence-electron chi connectivity index (χ3n) is 1.86. The minimum Gasteiger partial charge on any atom is -0.384 e. The average molecular weight is 234 g/mol. The van der Waals surface area contributed by atoms with E-state index in [1.165, 1.54) is 0 Å². The third-order valence-corrected chi connectivity index (χ3v) is 2.84. The molecule has 1 unspecified atom stereocenters. The number of hydrogen-bond acceptors (Lipinski definition) is 4. The highest BCUT2D eigenvalue weighted by Crippen LogP contribution is 2.05. The van der Waals surface area contributed by atoms with Gasteiger partial charge in [-0.3, -0.25) is 4.79 Å². The van der Waals surface area contributed by atoms with Crippen molar-refractivity contribution < 1.29 is 9.53 Å². The summed E-state index contributed by atoms with van der Waals surface area (Å²) in [6.45, 7) is 4.77. The number of rotatable bonds is 9. The van der Waals surface area contributed by atoms with E-state index < -0.39 is 0 Å². The molecule has 0 rings (SSSR count). The van der Waals surface area contributed by atoms with Gasteiger partial charge in [0.25, 0.3) is 0 Å². The minimum absolute atomic E-state index is 0.208. The Kier molecular flexibility index (Phi) is 8.85. The van der Waals surface area contributed by atoms with Crippen molar-refractivity contribution in [1.82, 2.24) is 5.32 Å². The predicted octanol–water partition coefficient (Wildman–Crippen LogP) is 0.608. The second-order valence-corrected chi connectivity index (χ2v) is 4.89. The number of methoxy groups -OCH3 is 1. The maximum atomic E-state index is 11.1. The molecule has 0 aromatic heterocycles. The van der Waals surface area contributed by atoms with E-state index in [0.717, 1.165) is 24.5 Å². The molecule has 0 aliphatic rings. The summed E-state index contributed by atoms with van der Waals surface area (Å²) in [7, 11) is 1.69. The summed E-state index contributed by atoms with van der Waals surface area (Å²) in [6.07, 6.45) is 0.780. The largest absolute Gasteiger partial charge is 0.384 e. The van der Waals surface area contributed by atoms with E-state index in [1.807, 2.05) is 13.8 Å². The summed E-state index contributed by atoms with van der Waals surface area (Å²) in [6, 6.07) is 0.0755. The third kappa shape index (κ3) is 8.72. The highest BCUT2D eigenvalue weighted by atomic mass is 32.2. The van der Waals surface area contributed by atoms with Crippen LogP contribution in [0.1, 0.15) is 20.3 Å². The van der Waals surface area contributed by atoms with Gasteiger partial charge in [0.15, 0.2) is 0 Å². The molecule has 0 aromatic rings. The van der Waals surface area contributed by atoms with Gasteiger partial charge in [-0.1, -0.05) is 13.8 Å². The lowest BCUT2D eigenvalue weighted by Crippen LogP contribution is -2.44. The molecule has 0 aliphatic heterocycles. The van der Waals surface area contributed by atoms with E-state index in [0.29, 0.717) is 0 Å². The molecule has 0 saturated carbocycles. The number of hydrogen-bond donors (Lipinski definition) is 2. The maximum Gasteiger partial charge on any atom is 0.234 e. The molecule has 0 fully saturated rings.